The summed E-state index contributed by atoms with van der Waals surface area (Å²) in [6.45, 7) is 0. The number of nitrogens with zero attached hydrogens (tertiary/aromatic N) is 2. The van der Waals surface area contributed by atoms with E-state index in [1.807, 2.05) is 0 Å². The Morgan fingerprint density at radius 2 is 1.42 bits per heavy atom. The number of fused-ring (bicyclic) bond motifs is 1. The lowest BCUT2D eigenvalue weighted by Gasteiger charge is -2.08. The summed E-state index contributed by atoms with van der Waals surface area (Å²) in [6.07, 6.45) is 0. The van der Waals surface area contributed by atoms with Gasteiger partial charge in [-0.3, -0.25) is 9.11 Å². The molecule has 3 aromatic carbocycles. The second kappa shape index (κ2) is 6.57. The Labute approximate surface area is 149 Å². The van der Waals surface area contributed by atoms with Crippen LogP contribution < -0.4 is 0 Å². The first kappa shape index (κ1) is 18.1. The maximum Gasteiger partial charge on any atom is 0.295 e. The van der Waals surface area contributed by atoms with Crippen LogP contribution in [0.1, 0.15) is 0 Å². The van der Waals surface area contributed by atoms with Crippen LogP contribution in [0, 0.1) is 0 Å². The smallest absolute Gasteiger partial charge is 0.282 e. The van der Waals surface area contributed by atoms with Crippen LogP contribution in [0.25, 0.3) is 10.8 Å². The molecule has 0 aromatic heterocycles. The number of hydrogen-bond acceptors (Lipinski definition) is 6. The van der Waals surface area contributed by atoms with E-state index in [4.69, 9.17) is 0 Å². The molecule has 0 heterocycles. The van der Waals surface area contributed by atoms with E-state index >= 15 is 0 Å². The van der Waals surface area contributed by atoms with Gasteiger partial charge in [0.2, 0.25) is 0 Å². The summed E-state index contributed by atoms with van der Waals surface area (Å²) in [5.41, 5.74) is 0.314. The highest BCUT2D eigenvalue weighted by Crippen LogP contribution is 2.35. The number of rotatable bonds is 4. The van der Waals surface area contributed by atoms with E-state index in [2.05, 4.69) is 10.2 Å². The number of benzene rings is 3. The van der Waals surface area contributed by atoms with Crippen molar-refractivity contribution in [2.45, 2.75) is 9.79 Å². The summed E-state index contributed by atoms with van der Waals surface area (Å²) in [7, 11) is -9.16. The predicted molar refractivity (Wildman–Crippen MR) is 94.2 cm³/mol. The Kier molecular flexibility index (Phi) is 4.59. The Balaban J connectivity index is 2.35. The van der Waals surface area contributed by atoms with Crippen molar-refractivity contribution in [2.75, 3.05) is 0 Å². The lowest BCUT2D eigenvalue weighted by molar-refractivity contribution is 0.482. The fourth-order valence-corrected chi connectivity index (χ4v) is 3.66. The first-order chi connectivity index (χ1) is 12.2. The predicted octanol–water partition coefficient (Wildman–Crippen LogP) is 3.75. The molecule has 3 rings (SSSR count). The van der Waals surface area contributed by atoms with Gasteiger partial charge in [-0.15, -0.1) is 5.11 Å². The third-order valence-electron chi connectivity index (χ3n) is 3.50. The molecule has 8 nitrogen and oxygen atoms in total. The van der Waals surface area contributed by atoms with Crippen molar-refractivity contribution in [1.29, 1.82) is 0 Å². The molecule has 0 aliphatic heterocycles. The van der Waals surface area contributed by atoms with Crippen molar-refractivity contribution in [3.05, 3.63) is 60.7 Å². The Morgan fingerprint density at radius 3 is 2.04 bits per heavy atom. The SMILES string of the molecule is O=S(=O)(O)c1cc(N=Nc2ccccc2)c2c(S(=O)(=O)O)cccc2c1. The van der Waals surface area contributed by atoms with Crippen molar-refractivity contribution in [2.24, 2.45) is 10.2 Å². The largest absolute Gasteiger partial charge is 0.295 e. The number of hydrogen-bond donors (Lipinski definition) is 2. The molecule has 0 amide bonds. The van der Waals surface area contributed by atoms with Gasteiger partial charge in [0.15, 0.2) is 0 Å². The fourth-order valence-electron chi connectivity index (χ4n) is 2.39. The molecular formula is C16H12N2O6S2. The minimum atomic E-state index is -4.60. The molecule has 0 spiro atoms. The van der Waals surface area contributed by atoms with Gasteiger partial charge in [0.05, 0.1) is 16.3 Å². The van der Waals surface area contributed by atoms with Crippen LogP contribution in [0.2, 0.25) is 0 Å². The van der Waals surface area contributed by atoms with E-state index in [0.717, 1.165) is 18.2 Å². The van der Waals surface area contributed by atoms with Crippen LogP contribution in [0.15, 0.2) is 80.7 Å². The molecule has 0 saturated heterocycles. The van der Waals surface area contributed by atoms with Crippen LogP contribution in [0.4, 0.5) is 11.4 Å². The summed E-state index contributed by atoms with van der Waals surface area (Å²) in [5.74, 6) is 0. The quantitative estimate of drug-likeness (QED) is 0.513. The van der Waals surface area contributed by atoms with E-state index in [1.54, 1.807) is 30.3 Å². The molecule has 3 aromatic rings. The van der Waals surface area contributed by atoms with Crippen molar-refractivity contribution < 1.29 is 25.9 Å². The van der Waals surface area contributed by atoms with Crippen LogP contribution in [0.3, 0.4) is 0 Å². The van der Waals surface area contributed by atoms with E-state index in [-0.39, 0.29) is 16.5 Å². The molecule has 0 fully saturated rings. The van der Waals surface area contributed by atoms with Gasteiger partial charge < -0.3 is 0 Å². The standard InChI is InChI=1S/C16H12N2O6S2/c19-25(20,21)13-9-11-5-4-8-15(26(22,23)24)16(11)14(10-13)18-17-12-6-2-1-3-7-12/h1-10H,(H,19,20,21)(H,22,23,24). The number of azo groups is 1. The van der Waals surface area contributed by atoms with E-state index in [0.29, 0.717) is 5.69 Å². The molecule has 2 N–H and O–H groups in total. The molecule has 0 unspecified atom stereocenters. The zero-order valence-electron chi connectivity index (χ0n) is 13.0. The van der Waals surface area contributed by atoms with E-state index < -0.39 is 30.0 Å². The van der Waals surface area contributed by atoms with Crippen molar-refractivity contribution in [3.63, 3.8) is 0 Å². The van der Waals surface area contributed by atoms with Crippen LogP contribution >= 0.6 is 0 Å². The van der Waals surface area contributed by atoms with Crippen LogP contribution in [-0.4, -0.2) is 25.9 Å². The van der Waals surface area contributed by atoms with Gasteiger partial charge >= 0.3 is 0 Å². The summed E-state index contributed by atoms with van der Waals surface area (Å²) < 4.78 is 65.1. The third-order valence-corrected chi connectivity index (χ3v) is 5.22. The van der Waals surface area contributed by atoms with E-state index in [9.17, 15) is 25.9 Å². The van der Waals surface area contributed by atoms with Crippen molar-refractivity contribution in [3.8, 4) is 0 Å². The Bertz CT molecular complexity index is 1220. The van der Waals surface area contributed by atoms with E-state index in [1.165, 1.54) is 12.1 Å². The van der Waals surface area contributed by atoms with Crippen LogP contribution in [-0.2, 0) is 20.2 Å². The molecule has 0 atom stereocenters. The van der Waals surface area contributed by atoms with Crippen molar-refractivity contribution in [1.82, 2.24) is 0 Å². The highest BCUT2D eigenvalue weighted by atomic mass is 32.2. The molecule has 0 aliphatic carbocycles. The second-order valence-corrected chi connectivity index (χ2v) is 8.09. The minimum absolute atomic E-state index is 0.0120. The summed E-state index contributed by atoms with van der Waals surface area (Å²) in [5, 5.41) is 8.01. The molecule has 0 radical (unpaired) electrons. The normalized spacial score (nSPS) is 12.7. The summed E-state index contributed by atoms with van der Waals surface area (Å²) in [4.78, 5) is -0.918. The summed E-state index contributed by atoms with van der Waals surface area (Å²) >= 11 is 0. The zero-order valence-corrected chi connectivity index (χ0v) is 14.6. The molecular weight excluding hydrogens is 380 g/mol. The Hall–Kier alpha value is -2.66. The minimum Gasteiger partial charge on any atom is -0.282 e. The van der Waals surface area contributed by atoms with Crippen molar-refractivity contribution >= 4 is 42.4 Å². The average Bonchev–Trinajstić information content (AvgIpc) is 2.58. The van der Waals surface area contributed by atoms with Crippen LogP contribution in [0.5, 0.6) is 0 Å². The second-order valence-electron chi connectivity index (χ2n) is 5.28. The average molecular weight is 392 g/mol. The maximum atomic E-state index is 11.7. The third kappa shape index (κ3) is 3.78. The lowest BCUT2D eigenvalue weighted by Crippen LogP contribution is -2.01. The topological polar surface area (TPSA) is 133 Å². The van der Waals surface area contributed by atoms with Gasteiger partial charge in [0.1, 0.15) is 4.90 Å². The molecule has 134 valence electrons. The molecule has 10 heteroatoms. The van der Waals surface area contributed by atoms with Gasteiger partial charge in [0.25, 0.3) is 20.2 Å². The monoisotopic (exact) mass is 392 g/mol. The van der Waals surface area contributed by atoms with Gasteiger partial charge in [-0.05, 0) is 35.7 Å². The Morgan fingerprint density at radius 1 is 0.731 bits per heavy atom. The van der Waals surface area contributed by atoms with Gasteiger partial charge in [-0.1, -0.05) is 30.3 Å². The molecule has 0 bridgehead atoms. The first-order valence-corrected chi connectivity index (χ1v) is 10.0. The highest BCUT2D eigenvalue weighted by molar-refractivity contribution is 7.86. The summed E-state index contributed by atoms with van der Waals surface area (Å²) in [6, 6.07) is 14.5. The fraction of sp³-hybridized carbons (Fsp3) is 0. The highest BCUT2D eigenvalue weighted by Gasteiger charge is 2.20. The molecule has 0 aliphatic rings. The first-order valence-electron chi connectivity index (χ1n) is 7.15. The lowest BCUT2D eigenvalue weighted by atomic mass is 10.1. The van der Waals surface area contributed by atoms with Gasteiger partial charge in [-0.2, -0.15) is 21.9 Å². The molecule has 26 heavy (non-hydrogen) atoms. The van der Waals surface area contributed by atoms with Gasteiger partial charge in [-0.25, -0.2) is 0 Å². The van der Waals surface area contributed by atoms with Gasteiger partial charge in [0, 0.05) is 5.39 Å². The maximum absolute atomic E-state index is 11.7. The molecule has 0 saturated carbocycles. The zero-order chi connectivity index (χ0) is 18.9.